The van der Waals surface area contributed by atoms with Crippen LogP contribution in [0.5, 0.6) is 0 Å². The monoisotopic (exact) mass is 343 g/mol. The number of benzene rings is 1. The van der Waals surface area contributed by atoms with Crippen LogP contribution in [0.2, 0.25) is 0 Å². The SMILES string of the molecule is C[C@@H](O)[C@H](NC(=O)C1(c2ccc(F)cc2F)CCOCC1)C(=O)O. The molecule has 0 saturated carbocycles. The number of aliphatic hydroxyl groups excluding tert-OH is 1. The van der Waals surface area contributed by atoms with E-state index in [-0.39, 0.29) is 31.6 Å². The summed E-state index contributed by atoms with van der Waals surface area (Å²) in [5.74, 6) is -3.79. The molecule has 1 fully saturated rings. The minimum atomic E-state index is -1.53. The topological polar surface area (TPSA) is 95.9 Å². The lowest BCUT2D eigenvalue weighted by atomic mass is 9.73. The largest absolute Gasteiger partial charge is 0.480 e. The average Bonchev–Trinajstić information content (AvgIpc) is 2.52. The molecule has 1 amide bonds. The number of hydrogen-bond acceptors (Lipinski definition) is 4. The Morgan fingerprint density at radius 3 is 2.42 bits per heavy atom. The van der Waals surface area contributed by atoms with E-state index in [0.717, 1.165) is 6.07 Å². The number of carbonyl (C=O) groups is 2. The molecule has 0 radical (unpaired) electrons. The Hall–Kier alpha value is -2.06. The first-order valence-corrected chi connectivity index (χ1v) is 7.53. The maximum Gasteiger partial charge on any atom is 0.328 e. The third-order valence-electron chi connectivity index (χ3n) is 4.26. The fourth-order valence-corrected chi connectivity index (χ4v) is 2.88. The second kappa shape index (κ2) is 7.23. The number of nitrogens with one attached hydrogen (secondary N) is 1. The zero-order chi connectivity index (χ0) is 17.9. The first-order valence-electron chi connectivity index (χ1n) is 7.53. The van der Waals surface area contributed by atoms with Crippen molar-refractivity contribution >= 4 is 11.9 Å². The van der Waals surface area contributed by atoms with Crippen molar-refractivity contribution in [2.45, 2.75) is 37.3 Å². The number of aliphatic carboxylic acids is 1. The van der Waals surface area contributed by atoms with E-state index in [4.69, 9.17) is 9.84 Å². The Morgan fingerprint density at radius 1 is 1.29 bits per heavy atom. The number of hydrogen-bond donors (Lipinski definition) is 3. The molecule has 2 rings (SSSR count). The highest BCUT2D eigenvalue weighted by Crippen LogP contribution is 2.37. The lowest BCUT2D eigenvalue weighted by molar-refractivity contribution is -0.146. The standard InChI is InChI=1S/C16H19F2NO5/c1-9(20)13(14(21)22)19-15(23)16(4-6-24-7-5-16)11-3-2-10(17)8-12(11)18/h2-3,8-9,13,20H,4-7H2,1H3,(H,19,23)(H,21,22)/t9-,13+/m1/s1. The fraction of sp³-hybridized carbons (Fsp3) is 0.500. The van der Waals surface area contributed by atoms with Crippen molar-refractivity contribution in [3.8, 4) is 0 Å². The molecule has 8 heteroatoms. The van der Waals surface area contributed by atoms with Crippen LogP contribution in [-0.4, -0.2) is 47.4 Å². The highest BCUT2D eigenvalue weighted by atomic mass is 19.1. The van der Waals surface area contributed by atoms with E-state index in [1.165, 1.54) is 13.0 Å². The quantitative estimate of drug-likeness (QED) is 0.740. The predicted octanol–water partition coefficient (Wildman–Crippen LogP) is 0.963. The van der Waals surface area contributed by atoms with Crippen molar-refractivity contribution < 1.29 is 33.3 Å². The second-order valence-electron chi connectivity index (χ2n) is 5.85. The van der Waals surface area contributed by atoms with Gasteiger partial charge in [0.1, 0.15) is 11.6 Å². The lowest BCUT2D eigenvalue weighted by Crippen LogP contribution is -2.56. The molecule has 24 heavy (non-hydrogen) atoms. The number of ether oxygens (including phenoxy) is 1. The van der Waals surface area contributed by atoms with Gasteiger partial charge in [-0.25, -0.2) is 13.6 Å². The summed E-state index contributed by atoms with van der Waals surface area (Å²) < 4.78 is 32.7. The van der Waals surface area contributed by atoms with Crippen LogP contribution < -0.4 is 5.32 Å². The predicted molar refractivity (Wildman–Crippen MR) is 79.3 cm³/mol. The highest BCUT2D eigenvalue weighted by molar-refractivity contribution is 5.92. The summed E-state index contributed by atoms with van der Waals surface area (Å²) in [6.07, 6.45) is -1.09. The van der Waals surface area contributed by atoms with E-state index in [1.54, 1.807) is 0 Å². The molecular weight excluding hydrogens is 324 g/mol. The zero-order valence-electron chi connectivity index (χ0n) is 13.1. The van der Waals surface area contributed by atoms with Crippen LogP contribution in [0.4, 0.5) is 8.78 Å². The van der Waals surface area contributed by atoms with Gasteiger partial charge in [-0.1, -0.05) is 6.07 Å². The van der Waals surface area contributed by atoms with Gasteiger partial charge in [0.15, 0.2) is 6.04 Å². The number of rotatable bonds is 5. The van der Waals surface area contributed by atoms with Crippen LogP contribution in [0.1, 0.15) is 25.3 Å². The van der Waals surface area contributed by atoms with Crippen molar-refractivity contribution in [3.05, 3.63) is 35.4 Å². The molecule has 0 aliphatic carbocycles. The smallest absolute Gasteiger partial charge is 0.328 e. The zero-order valence-corrected chi connectivity index (χ0v) is 13.1. The average molecular weight is 343 g/mol. The van der Waals surface area contributed by atoms with Crippen LogP contribution in [-0.2, 0) is 19.7 Å². The fourth-order valence-electron chi connectivity index (χ4n) is 2.88. The van der Waals surface area contributed by atoms with Crippen molar-refractivity contribution in [1.29, 1.82) is 0 Å². The van der Waals surface area contributed by atoms with E-state index >= 15 is 0 Å². The van der Waals surface area contributed by atoms with Crippen LogP contribution in [0.15, 0.2) is 18.2 Å². The minimum Gasteiger partial charge on any atom is -0.480 e. The first kappa shape index (κ1) is 18.3. The third-order valence-corrected chi connectivity index (χ3v) is 4.26. The summed E-state index contributed by atoms with van der Waals surface area (Å²) in [6.45, 7) is 1.58. The Balaban J connectivity index is 2.40. The van der Waals surface area contributed by atoms with Crippen molar-refractivity contribution in [1.82, 2.24) is 5.32 Å². The molecule has 0 spiro atoms. The van der Waals surface area contributed by atoms with Gasteiger partial charge in [0.25, 0.3) is 0 Å². The Labute approximate surface area is 137 Å². The molecule has 0 unspecified atom stereocenters. The van der Waals surface area contributed by atoms with Gasteiger partial charge >= 0.3 is 5.97 Å². The van der Waals surface area contributed by atoms with Crippen LogP contribution >= 0.6 is 0 Å². The van der Waals surface area contributed by atoms with Crippen LogP contribution in [0, 0.1) is 11.6 Å². The number of carbonyl (C=O) groups excluding carboxylic acids is 1. The summed E-state index contributed by atoms with van der Waals surface area (Å²) in [6, 6.07) is 1.39. The highest BCUT2D eigenvalue weighted by Gasteiger charge is 2.45. The van der Waals surface area contributed by atoms with Crippen molar-refractivity contribution in [2.24, 2.45) is 0 Å². The molecule has 1 aromatic rings. The van der Waals surface area contributed by atoms with Gasteiger partial charge in [-0.15, -0.1) is 0 Å². The van der Waals surface area contributed by atoms with Gasteiger partial charge in [-0.3, -0.25) is 4.79 Å². The molecule has 1 aromatic carbocycles. The van der Waals surface area contributed by atoms with Gasteiger partial charge < -0.3 is 20.3 Å². The van der Waals surface area contributed by atoms with E-state index in [9.17, 15) is 23.5 Å². The molecule has 6 nitrogen and oxygen atoms in total. The minimum absolute atomic E-state index is 0.0144. The van der Waals surface area contributed by atoms with E-state index in [0.29, 0.717) is 6.07 Å². The lowest BCUT2D eigenvalue weighted by Gasteiger charge is -2.37. The Kier molecular flexibility index (Phi) is 5.51. The molecule has 2 atom stereocenters. The van der Waals surface area contributed by atoms with Crippen molar-refractivity contribution in [3.63, 3.8) is 0 Å². The van der Waals surface area contributed by atoms with Gasteiger partial charge in [-0.2, -0.15) is 0 Å². The molecule has 1 heterocycles. The van der Waals surface area contributed by atoms with E-state index < -0.39 is 41.1 Å². The molecular formula is C16H19F2NO5. The number of carboxylic acid groups (broad SMARTS) is 1. The summed E-state index contributed by atoms with van der Waals surface area (Å²) in [5, 5.41) is 20.9. The number of aliphatic hydroxyl groups is 1. The summed E-state index contributed by atoms with van der Waals surface area (Å²) in [5.41, 5.74) is -1.39. The molecule has 3 N–H and O–H groups in total. The second-order valence-corrected chi connectivity index (χ2v) is 5.85. The summed E-state index contributed by atoms with van der Waals surface area (Å²) >= 11 is 0. The van der Waals surface area contributed by atoms with Gasteiger partial charge in [-0.05, 0) is 25.8 Å². The molecule has 132 valence electrons. The maximum absolute atomic E-state index is 14.3. The van der Waals surface area contributed by atoms with Gasteiger partial charge in [0, 0.05) is 24.8 Å². The normalized spacial score (nSPS) is 19.3. The number of halogens is 2. The Morgan fingerprint density at radius 2 is 1.92 bits per heavy atom. The van der Waals surface area contributed by atoms with E-state index in [2.05, 4.69) is 5.32 Å². The van der Waals surface area contributed by atoms with Gasteiger partial charge in [0.2, 0.25) is 5.91 Å². The van der Waals surface area contributed by atoms with Crippen LogP contribution in [0.3, 0.4) is 0 Å². The number of carboxylic acids is 1. The molecule has 1 aliphatic rings. The van der Waals surface area contributed by atoms with Crippen molar-refractivity contribution in [2.75, 3.05) is 13.2 Å². The number of amides is 1. The first-order chi connectivity index (χ1) is 11.3. The Bertz CT molecular complexity index is 629. The van der Waals surface area contributed by atoms with Gasteiger partial charge in [0.05, 0.1) is 11.5 Å². The molecule has 0 bridgehead atoms. The third kappa shape index (κ3) is 3.54. The van der Waals surface area contributed by atoms with Crippen LogP contribution in [0.25, 0.3) is 0 Å². The molecule has 1 aliphatic heterocycles. The summed E-state index contributed by atoms with van der Waals surface area (Å²) in [7, 11) is 0. The summed E-state index contributed by atoms with van der Waals surface area (Å²) in [4.78, 5) is 24.0. The molecule has 1 saturated heterocycles. The molecule has 0 aromatic heterocycles. The van der Waals surface area contributed by atoms with E-state index in [1.807, 2.05) is 0 Å². The maximum atomic E-state index is 14.3.